The summed E-state index contributed by atoms with van der Waals surface area (Å²) in [6.45, 7) is 3.96. The molecule has 0 unspecified atom stereocenters. The highest BCUT2D eigenvalue weighted by Gasteiger charge is 2.36. The molecule has 0 radical (unpaired) electrons. The van der Waals surface area contributed by atoms with E-state index in [4.69, 9.17) is 11.6 Å². The van der Waals surface area contributed by atoms with Gasteiger partial charge in [-0.25, -0.2) is 4.98 Å². The first-order valence-corrected chi connectivity index (χ1v) is 6.64. The highest BCUT2D eigenvalue weighted by atomic mass is 35.5. The van der Waals surface area contributed by atoms with Crippen LogP contribution in [0.3, 0.4) is 0 Å². The Morgan fingerprint density at radius 3 is 2.60 bits per heavy atom. The zero-order valence-electron chi connectivity index (χ0n) is 11.1. The lowest BCUT2D eigenvalue weighted by Gasteiger charge is -2.17. The molecule has 1 aromatic carbocycles. The third-order valence-electron chi connectivity index (χ3n) is 3.03. The highest BCUT2D eigenvalue weighted by molar-refractivity contribution is 6.35. The van der Waals surface area contributed by atoms with E-state index in [0.29, 0.717) is 17.6 Å². The van der Waals surface area contributed by atoms with E-state index in [-0.39, 0.29) is 16.1 Å². The summed E-state index contributed by atoms with van der Waals surface area (Å²) < 4.78 is 39.2. The second-order valence-corrected chi connectivity index (χ2v) is 4.93. The van der Waals surface area contributed by atoms with E-state index >= 15 is 0 Å². The monoisotopic (exact) mass is 302 g/mol. The number of nitrogens with one attached hydrogen (secondary N) is 1. The Balaban J connectivity index is 2.78. The zero-order valence-corrected chi connectivity index (χ0v) is 11.9. The van der Waals surface area contributed by atoms with Gasteiger partial charge in [0, 0.05) is 23.2 Å². The van der Waals surface area contributed by atoms with E-state index in [1.54, 1.807) is 12.1 Å². The number of benzene rings is 1. The number of anilines is 1. The van der Waals surface area contributed by atoms with Gasteiger partial charge in [-0.2, -0.15) is 13.2 Å². The fourth-order valence-corrected chi connectivity index (χ4v) is 2.32. The number of nitrogens with zero attached hydrogens (tertiary/aromatic N) is 1. The zero-order chi connectivity index (χ0) is 14.9. The Labute approximate surface area is 120 Å². The van der Waals surface area contributed by atoms with Crippen molar-refractivity contribution < 1.29 is 13.2 Å². The average Bonchev–Trinajstić information content (AvgIpc) is 2.36. The minimum Gasteiger partial charge on any atom is -0.384 e. The molecule has 6 heteroatoms. The van der Waals surface area contributed by atoms with Gasteiger partial charge in [0.2, 0.25) is 0 Å². The Morgan fingerprint density at radius 2 is 2.00 bits per heavy atom. The van der Waals surface area contributed by atoms with Crippen LogP contribution in [0.4, 0.5) is 18.9 Å². The number of hydrogen-bond acceptors (Lipinski definition) is 2. The molecule has 0 bridgehead atoms. The van der Waals surface area contributed by atoms with Crippen LogP contribution in [0.2, 0.25) is 5.02 Å². The molecule has 0 atom stereocenters. The standard InChI is InChI=1S/C14H14ClF3N2/c1-3-7-19-11-8(2)13(14(16,17)18)20-12-9(11)5-4-6-10(12)15/h4-6H,3,7H2,1-2H3,(H,19,20). The molecule has 1 aromatic heterocycles. The Morgan fingerprint density at radius 1 is 1.30 bits per heavy atom. The number of hydrogen-bond donors (Lipinski definition) is 1. The molecular weight excluding hydrogens is 289 g/mol. The molecule has 2 aromatic rings. The fraction of sp³-hybridized carbons (Fsp3) is 0.357. The van der Waals surface area contributed by atoms with Gasteiger partial charge in [0.1, 0.15) is 5.69 Å². The van der Waals surface area contributed by atoms with Crippen molar-refractivity contribution in [2.75, 3.05) is 11.9 Å². The summed E-state index contributed by atoms with van der Waals surface area (Å²) >= 11 is 5.98. The first-order valence-electron chi connectivity index (χ1n) is 6.26. The summed E-state index contributed by atoms with van der Waals surface area (Å²) in [7, 11) is 0. The van der Waals surface area contributed by atoms with Crippen molar-refractivity contribution in [3.63, 3.8) is 0 Å². The second kappa shape index (κ2) is 5.48. The number of para-hydroxylation sites is 1. The van der Waals surface area contributed by atoms with E-state index in [0.717, 1.165) is 6.42 Å². The van der Waals surface area contributed by atoms with Crippen LogP contribution in [0.15, 0.2) is 18.2 Å². The first-order chi connectivity index (χ1) is 9.36. The van der Waals surface area contributed by atoms with Gasteiger partial charge >= 0.3 is 6.18 Å². The minimum absolute atomic E-state index is 0.0979. The van der Waals surface area contributed by atoms with Crippen LogP contribution in [-0.2, 0) is 6.18 Å². The van der Waals surface area contributed by atoms with E-state index < -0.39 is 11.9 Å². The molecular formula is C14H14ClF3N2. The molecule has 0 spiro atoms. The second-order valence-electron chi connectivity index (χ2n) is 4.52. The van der Waals surface area contributed by atoms with Gasteiger partial charge in [-0.05, 0) is 19.4 Å². The van der Waals surface area contributed by atoms with Crippen molar-refractivity contribution in [2.24, 2.45) is 0 Å². The molecule has 0 aliphatic rings. The summed E-state index contributed by atoms with van der Waals surface area (Å²) in [6.07, 6.45) is -3.69. The lowest BCUT2D eigenvalue weighted by Crippen LogP contribution is -2.14. The van der Waals surface area contributed by atoms with Gasteiger partial charge in [0.15, 0.2) is 0 Å². The van der Waals surface area contributed by atoms with Crippen LogP contribution >= 0.6 is 11.6 Å². The molecule has 0 fully saturated rings. The first kappa shape index (κ1) is 14.9. The fourth-order valence-electron chi connectivity index (χ4n) is 2.10. The van der Waals surface area contributed by atoms with Crippen LogP contribution in [-0.4, -0.2) is 11.5 Å². The van der Waals surface area contributed by atoms with E-state index in [1.807, 2.05) is 6.92 Å². The van der Waals surface area contributed by atoms with Crippen molar-refractivity contribution in [2.45, 2.75) is 26.4 Å². The lowest BCUT2D eigenvalue weighted by molar-refractivity contribution is -0.141. The molecule has 0 aliphatic heterocycles. The van der Waals surface area contributed by atoms with Crippen molar-refractivity contribution >= 4 is 28.2 Å². The number of aromatic nitrogens is 1. The molecule has 2 nitrogen and oxygen atoms in total. The predicted octanol–water partition coefficient (Wildman–Crippen LogP) is 5.04. The minimum atomic E-state index is -4.50. The Kier molecular flexibility index (Phi) is 4.09. The van der Waals surface area contributed by atoms with Gasteiger partial charge in [0.05, 0.1) is 10.5 Å². The maximum atomic E-state index is 13.1. The molecule has 1 N–H and O–H groups in total. The van der Waals surface area contributed by atoms with Gasteiger partial charge in [-0.1, -0.05) is 30.7 Å². The predicted molar refractivity (Wildman–Crippen MR) is 75.3 cm³/mol. The molecule has 1 heterocycles. The van der Waals surface area contributed by atoms with E-state index in [2.05, 4.69) is 10.3 Å². The quantitative estimate of drug-likeness (QED) is 0.859. The van der Waals surface area contributed by atoms with Crippen molar-refractivity contribution in [3.05, 3.63) is 34.5 Å². The van der Waals surface area contributed by atoms with Crippen LogP contribution in [0.5, 0.6) is 0 Å². The molecule has 0 amide bonds. The normalized spacial score (nSPS) is 11.9. The van der Waals surface area contributed by atoms with Crippen LogP contribution in [0, 0.1) is 6.92 Å². The summed E-state index contributed by atoms with van der Waals surface area (Å²) in [5, 5.41) is 3.87. The van der Waals surface area contributed by atoms with Crippen molar-refractivity contribution in [1.29, 1.82) is 0 Å². The Hall–Kier alpha value is -1.49. The molecule has 0 saturated carbocycles. The largest absolute Gasteiger partial charge is 0.433 e. The van der Waals surface area contributed by atoms with Crippen LogP contribution < -0.4 is 5.32 Å². The SMILES string of the molecule is CCCNc1c(C)c(C(F)(F)F)nc2c(Cl)cccc12. The maximum absolute atomic E-state index is 13.1. The summed E-state index contributed by atoms with van der Waals surface area (Å²) in [6, 6.07) is 4.96. The Bertz CT molecular complexity index is 638. The number of rotatable bonds is 3. The number of alkyl halides is 3. The average molecular weight is 303 g/mol. The van der Waals surface area contributed by atoms with Gasteiger partial charge in [-0.3, -0.25) is 0 Å². The van der Waals surface area contributed by atoms with Crippen LogP contribution in [0.25, 0.3) is 10.9 Å². The number of pyridine rings is 1. The van der Waals surface area contributed by atoms with E-state index in [1.165, 1.54) is 13.0 Å². The topological polar surface area (TPSA) is 24.9 Å². The third kappa shape index (κ3) is 2.68. The lowest BCUT2D eigenvalue weighted by atomic mass is 10.1. The highest BCUT2D eigenvalue weighted by Crippen LogP contribution is 2.38. The summed E-state index contributed by atoms with van der Waals surface area (Å²) in [5.74, 6) is 0. The maximum Gasteiger partial charge on any atom is 0.433 e. The molecule has 20 heavy (non-hydrogen) atoms. The third-order valence-corrected chi connectivity index (χ3v) is 3.34. The van der Waals surface area contributed by atoms with Crippen LogP contribution in [0.1, 0.15) is 24.6 Å². The number of halogens is 4. The van der Waals surface area contributed by atoms with Gasteiger partial charge < -0.3 is 5.32 Å². The molecule has 108 valence electrons. The van der Waals surface area contributed by atoms with Crippen molar-refractivity contribution in [1.82, 2.24) is 4.98 Å². The van der Waals surface area contributed by atoms with Gasteiger partial charge in [-0.15, -0.1) is 0 Å². The molecule has 0 aliphatic carbocycles. The summed E-state index contributed by atoms with van der Waals surface area (Å²) in [4.78, 5) is 3.72. The van der Waals surface area contributed by atoms with Crippen molar-refractivity contribution in [3.8, 4) is 0 Å². The number of fused-ring (bicyclic) bond motifs is 1. The smallest absolute Gasteiger partial charge is 0.384 e. The van der Waals surface area contributed by atoms with Gasteiger partial charge in [0.25, 0.3) is 0 Å². The summed E-state index contributed by atoms with van der Waals surface area (Å²) in [5.41, 5.74) is -0.171. The molecule has 2 rings (SSSR count). The molecule has 0 saturated heterocycles. The van der Waals surface area contributed by atoms with E-state index in [9.17, 15) is 13.2 Å².